The molecule has 0 radical (unpaired) electrons. The van der Waals surface area contributed by atoms with Crippen molar-refractivity contribution < 1.29 is 27.9 Å². The van der Waals surface area contributed by atoms with Crippen LogP contribution in [0, 0.1) is 29.3 Å². The third-order valence-corrected chi connectivity index (χ3v) is 6.68. The van der Waals surface area contributed by atoms with Gasteiger partial charge < -0.3 is 10.5 Å². The van der Waals surface area contributed by atoms with Crippen molar-refractivity contribution >= 4 is 6.03 Å². The molecule has 0 atom stereocenters. The Hall–Kier alpha value is -4.04. The van der Waals surface area contributed by atoms with E-state index in [1.54, 1.807) is 30.3 Å². The van der Waals surface area contributed by atoms with Crippen LogP contribution < -0.4 is 10.5 Å². The second-order valence-electron chi connectivity index (χ2n) is 9.39. The molecular formula is C30H31F3N4O3. The van der Waals surface area contributed by atoms with Gasteiger partial charge in [0.05, 0.1) is 12.6 Å². The lowest BCUT2D eigenvalue weighted by molar-refractivity contribution is -0.0372. The zero-order valence-corrected chi connectivity index (χ0v) is 21.9. The number of nitrogens with zero attached hydrogens (tertiary/aromatic N) is 3. The average Bonchev–Trinajstić information content (AvgIpc) is 2.95. The molecule has 3 aromatic rings. The normalized spacial score (nSPS) is 14.0. The van der Waals surface area contributed by atoms with E-state index in [1.807, 2.05) is 0 Å². The number of benzene rings is 3. The average molecular weight is 553 g/mol. The second-order valence-corrected chi connectivity index (χ2v) is 9.39. The molecule has 7 nitrogen and oxygen atoms in total. The molecule has 1 heterocycles. The first-order valence-electron chi connectivity index (χ1n) is 12.9. The Kier molecular flexibility index (Phi) is 10.0. The first-order valence-corrected chi connectivity index (χ1v) is 12.9. The summed E-state index contributed by atoms with van der Waals surface area (Å²) in [5.74, 6) is 4.51. The Labute approximate surface area is 231 Å². The first kappa shape index (κ1) is 29.0. The molecule has 0 spiro atoms. The standard InChI is InChI=1S/C30H31F3N4O3/c31-25-9-5-23(6-10-25)29(24-7-11-26(32)12-8-24)36-17-15-35(16-18-36)19-20-40-28-13-4-22(21-27(28)33)3-1-2-14-37(39)30(34)38/h4-13,21,29,39H,2,14-20H2,(H2,34,38). The Morgan fingerprint density at radius 2 is 1.55 bits per heavy atom. The maximum Gasteiger partial charge on any atom is 0.338 e. The van der Waals surface area contributed by atoms with Gasteiger partial charge in [0.15, 0.2) is 11.6 Å². The van der Waals surface area contributed by atoms with Crippen molar-refractivity contribution in [1.82, 2.24) is 14.9 Å². The quantitative estimate of drug-likeness (QED) is 0.234. The van der Waals surface area contributed by atoms with Crippen LogP contribution in [0.2, 0.25) is 0 Å². The molecule has 1 fully saturated rings. The maximum absolute atomic E-state index is 14.5. The van der Waals surface area contributed by atoms with E-state index in [2.05, 4.69) is 21.6 Å². The van der Waals surface area contributed by atoms with E-state index in [0.717, 1.165) is 37.3 Å². The Morgan fingerprint density at radius 1 is 0.950 bits per heavy atom. The van der Waals surface area contributed by atoms with Crippen LogP contribution in [0.25, 0.3) is 0 Å². The number of rotatable bonds is 9. The predicted molar refractivity (Wildman–Crippen MR) is 144 cm³/mol. The summed E-state index contributed by atoms with van der Waals surface area (Å²) in [5.41, 5.74) is 7.25. The third kappa shape index (κ3) is 7.99. The highest BCUT2D eigenvalue weighted by atomic mass is 19.1. The topological polar surface area (TPSA) is 82.3 Å². The van der Waals surface area contributed by atoms with E-state index in [-0.39, 0.29) is 36.4 Å². The van der Waals surface area contributed by atoms with Crippen LogP contribution in [0.4, 0.5) is 18.0 Å². The number of hydroxylamine groups is 2. The summed E-state index contributed by atoms with van der Waals surface area (Å²) < 4.78 is 47.3. The zero-order valence-electron chi connectivity index (χ0n) is 21.9. The number of hydrogen-bond acceptors (Lipinski definition) is 5. The van der Waals surface area contributed by atoms with Crippen LogP contribution in [0.3, 0.4) is 0 Å². The minimum Gasteiger partial charge on any atom is -0.489 e. The Bertz CT molecular complexity index is 1290. The largest absolute Gasteiger partial charge is 0.489 e. The van der Waals surface area contributed by atoms with Crippen LogP contribution in [-0.2, 0) is 0 Å². The summed E-state index contributed by atoms with van der Waals surface area (Å²) >= 11 is 0. The molecule has 0 saturated carbocycles. The van der Waals surface area contributed by atoms with Gasteiger partial charge in [0, 0.05) is 44.7 Å². The van der Waals surface area contributed by atoms with Gasteiger partial charge in [0.1, 0.15) is 18.2 Å². The minimum absolute atomic E-state index is 0.0423. The highest BCUT2D eigenvalue weighted by Crippen LogP contribution is 2.30. The molecule has 3 aromatic carbocycles. The summed E-state index contributed by atoms with van der Waals surface area (Å²) in [5, 5.41) is 9.58. The van der Waals surface area contributed by atoms with Gasteiger partial charge in [0.2, 0.25) is 0 Å². The van der Waals surface area contributed by atoms with Gasteiger partial charge in [-0.3, -0.25) is 15.0 Å². The number of hydrogen-bond donors (Lipinski definition) is 2. The van der Waals surface area contributed by atoms with E-state index in [9.17, 15) is 23.2 Å². The number of carbonyl (C=O) groups excluding carboxylic acids is 1. The first-order chi connectivity index (χ1) is 19.3. The van der Waals surface area contributed by atoms with E-state index in [4.69, 9.17) is 10.5 Å². The molecule has 0 aliphatic carbocycles. The zero-order chi connectivity index (χ0) is 28.5. The molecule has 10 heteroatoms. The van der Waals surface area contributed by atoms with Crippen molar-refractivity contribution in [3.63, 3.8) is 0 Å². The summed E-state index contributed by atoms with van der Waals surface area (Å²) in [6, 6.07) is 16.2. The number of nitrogens with two attached hydrogens (primary N) is 1. The van der Waals surface area contributed by atoms with Gasteiger partial charge in [-0.05, 0) is 53.6 Å². The van der Waals surface area contributed by atoms with Crippen molar-refractivity contribution in [1.29, 1.82) is 0 Å². The lowest BCUT2D eigenvalue weighted by atomic mass is 9.96. The van der Waals surface area contributed by atoms with E-state index < -0.39 is 11.8 Å². The lowest BCUT2D eigenvalue weighted by Gasteiger charge is -2.39. The van der Waals surface area contributed by atoms with Gasteiger partial charge in [0.25, 0.3) is 0 Å². The maximum atomic E-state index is 14.5. The fraction of sp³-hybridized carbons (Fsp3) is 0.300. The van der Waals surface area contributed by atoms with E-state index in [1.165, 1.54) is 36.4 Å². The number of primary amides is 1. The summed E-state index contributed by atoms with van der Waals surface area (Å²) in [7, 11) is 0. The van der Waals surface area contributed by atoms with Crippen LogP contribution in [0.5, 0.6) is 5.75 Å². The van der Waals surface area contributed by atoms with Gasteiger partial charge in [-0.25, -0.2) is 23.0 Å². The number of carbonyl (C=O) groups is 1. The Morgan fingerprint density at radius 3 is 2.10 bits per heavy atom. The molecule has 1 saturated heterocycles. The summed E-state index contributed by atoms with van der Waals surface area (Å²) in [6.45, 7) is 3.90. The van der Waals surface area contributed by atoms with E-state index >= 15 is 0 Å². The van der Waals surface area contributed by atoms with Gasteiger partial charge >= 0.3 is 6.03 Å². The molecule has 1 aliphatic rings. The minimum atomic E-state index is -0.963. The van der Waals surface area contributed by atoms with Crippen LogP contribution in [0.15, 0.2) is 66.7 Å². The smallest absolute Gasteiger partial charge is 0.338 e. The molecular weight excluding hydrogens is 521 g/mol. The van der Waals surface area contributed by atoms with Crippen molar-refractivity contribution in [3.05, 3.63) is 101 Å². The molecule has 3 N–H and O–H groups in total. The molecule has 0 unspecified atom stereocenters. The molecule has 40 heavy (non-hydrogen) atoms. The van der Waals surface area contributed by atoms with Crippen molar-refractivity contribution in [2.24, 2.45) is 5.73 Å². The highest BCUT2D eigenvalue weighted by Gasteiger charge is 2.26. The monoisotopic (exact) mass is 552 g/mol. The fourth-order valence-electron chi connectivity index (χ4n) is 4.57. The number of ether oxygens (including phenoxy) is 1. The van der Waals surface area contributed by atoms with E-state index in [0.29, 0.717) is 23.8 Å². The molecule has 2 amide bonds. The number of piperazine rings is 1. The van der Waals surface area contributed by atoms with Gasteiger partial charge in [-0.15, -0.1) is 0 Å². The van der Waals surface area contributed by atoms with Crippen LogP contribution >= 0.6 is 0 Å². The van der Waals surface area contributed by atoms with Gasteiger partial charge in [-0.2, -0.15) is 0 Å². The fourth-order valence-corrected chi connectivity index (χ4v) is 4.57. The Balaban J connectivity index is 1.27. The molecule has 1 aliphatic heterocycles. The van der Waals surface area contributed by atoms with Crippen molar-refractivity contribution in [2.45, 2.75) is 12.5 Å². The molecule has 0 aromatic heterocycles. The predicted octanol–water partition coefficient (Wildman–Crippen LogP) is 4.40. The number of halogens is 3. The molecule has 4 rings (SSSR count). The van der Waals surface area contributed by atoms with Crippen LogP contribution in [-0.4, -0.2) is 72.0 Å². The summed E-state index contributed by atoms with van der Waals surface area (Å²) in [4.78, 5) is 15.3. The highest BCUT2D eigenvalue weighted by molar-refractivity contribution is 5.70. The van der Waals surface area contributed by atoms with Crippen LogP contribution in [0.1, 0.15) is 29.2 Å². The molecule has 210 valence electrons. The van der Waals surface area contributed by atoms with Crippen molar-refractivity contribution in [3.8, 4) is 17.6 Å². The molecule has 0 bridgehead atoms. The summed E-state index contributed by atoms with van der Waals surface area (Å²) in [6.07, 6.45) is 0.182. The van der Waals surface area contributed by atoms with Crippen molar-refractivity contribution in [2.75, 3.05) is 45.9 Å². The van der Waals surface area contributed by atoms with Gasteiger partial charge in [-0.1, -0.05) is 36.1 Å². The lowest BCUT2D eigenvalue weighted by Crippen LogP contribution is -2.48. The number of urea groups is 1. The second kappa shape index (κ2) is 13.8. The third-order valence-electron chi connectivity index (χ3n) is 6.68. The number of amides is 2. The SMILES string of the molecule is NC(=O)N(O)CCC#Cc1ccc(OCCN2CCN(C(c3ccc(F)cc3)c3ccc(F)cc3)CC2)c(F)c1.